The van der Waals surface area contributed by atoms with Crippen molar-refractivity contribution in [2.24, 2.45) is 5.92 Å². The van der Waals surface area contributed by atoms with Crippen molar-refractivity contribution < 1.29 is 4.79 Å². The summed E-state index contributed by atoms with van der Waals surface area (Å²) < 4.78 is 0. The maximum atomic E-state index is 12.5. The van der Waals surface area contributed by atoms with Crippen LogP contribution in [-0.4, -0.2) is 39.4 Å². The second kappa shape index (κ2) is 10.4. The van der Waals surface area contributed by atoms with Crippen molar-refractivity contribution in [3.63, 3.8) is 0 Å². The van der Waals surface area contributed by atoms with Gasteiger partial charge in [0, 0.05) is 19.5 Å². The quantitative estimate of drug-likeness (QED) is 0.564. The van der Waals surface area contributed by atoms with Crippen LogP contribution in [0, 0.1) is 5.92 Å². The molecule has 1 aliphatic rings. The van der Waals surface area contributed by atoms with Crippen LogP contribution in [0.3, 0.4) is 0 Å². The number of nitrogens with zero attached hydrogens (tertiary/aromatic N) is 5. The van der Waals surface area contributed by atoms with E-state index in [1.165, 1.54) is 16.9 Å². The van der Waals surface area contributed by atoms with Crippen LogP contribution in [-0.2, 0) is 12.8 Å². The van der Waals surface area contributed by atoms with E-state index >= 15 is 0 Å². The number of carbonyl (C=O) groups excluding carboxylic acids is 1. The van der Waals surface area contributed by atoms with Gasteiger partial charge in [-0.05, 0) is 49.3 Å². The topological polar surface area (TPSA) is 83.9 Å². The van der Waals surface area contributed by atoms with Gasteiger partial charge in [-0.15, -0.1) is 20.4 Å². The molecule has 4 rings (SSSR count). The zero-order chi connectivity index (χ0) is 21.5. The highest BCUT2D eigenvalue weighted by molar-refractivity contribution is 7.15. The average Bonchev–Trinajstić information content (AvgIpc) is 3.26. The van der Waals surface area contributed by atoms with Crippen LogP contribution < -0.4 is 10.2 Å². The van der Waals surface area contributed by atoms with Crippen molar-refractivity contribution in [1.29, 1.82) is 0 Å². The van der Waals surface area contributed by atoms with E-state index in [0.29, 0.717) is 11.0 Å². The first-order chi connectivity index (χ1) is 15.2. The molecule has 8 heteroatoms. The lowest BCUT2D eigenvalue weighted by Crippen LogP contribution is -2.35. The Hall–Kier alpha value is -2.87. The molecule has 3 aromatic rings. The molecule has 0 bridgehead atoms. The molecule has 7 nitrogen and oxygen atoms in total. The highest BCUT2D eigenvalue weighted by Crippen LogP contribution is 2.24. The highest BCUT2D eigenvalue weighted by Gasteiger charge is 2.21. The van der Waals surface area contributed by atoms with Crippen molar-refractivity contribution in [3.05, 3.63) is 58.7 Å². The van der Waals surface area contributed by atoms with Gasteiger partial charge >= 0.3 is 0 Å². The number of amides is 1. The number of unbranched alkanes of at least 4 members (excludes halogenated alkanes) is 1. The SMILES string of the molecule is CCCCc1nnc(NC(=O)c2ccc(N3CCC(Cc4ccccc4)CC3)nn2)s1. The molecule has 1 aliphatic heterocycles. The average molecular weight is 437 g/mol. The van der Waals surface area contributed by atoms with Crippen LogP contribution in [0.5, 0.6) is 0 Å². The lowest BCUT2D eigenvalue weighted by Gasteiger charge is -2.32. The van der Waals surface area contributed by atoms with E-state index in [1.54, 1.807) is 6.07 Å². The third-order valence-electron chi connectivity index (χ3n) is 5.62. The van der Waals surface area contributed by atoms with Crippen LogP contribution in [0.15, 0.2) is 42.5 Å². The number of carbonyl (C=O) groups is 1. The molecular weight excluding hydrogens is 408 g/mol. The van der Waals surface area contributed by atoms with E-state index in [0.717, 1.165) is 62.4 Å². The minimum absolute atomic E-state index is 0.285. The molecule has 0 atom stereocenters. The summed E-state index contributed by atoms with van der Waals surface area (Å²) in [7, 11) is 0. The molecule has 1 fully saturated rings. The van der Waals surface area contributed by atoms with E-state index < -0.39 is 0 Å². The van der Waals surface area contributed by atoms with Gasteiger partial charge in [0.1, 0.15) is 5.01 Å². The van der Waals surface area contributed by atoms with Gasteiger partial charge in [0.2, 0.25) is 5.13 Å². The Morgan fingerprint density at radius 3 is 2.58 bits per heavy atom. The molecule has 0 spiro atoms. The summed E-state index contributed by atoms with van der Waals surface area (Å²) >= 11 is 1.41. The minimum Gasteiger partial charge on any atom is -0.355 e. The first-order valence-corrected chi connectivity index (χ1v) is 11.8. The van der Waals surface area contributed by atoms with Crippen LogP contribution >= 0.6 is 11.3 Å². The summed E-state index contributed by atoms with van der Waals surface area (Å²) in [5, 5.41) is 20.8. The van der Waals surface area contributed by atoms with E-state index in [2.05, 4.69) is 67.9 Å². The summed E-state index contributed by atoms with van der Waals surface area (Å²) in [6, 6.07) is 14.3. The third kappa shape index (κ3) is 5.85. The van der Waals surface area contributed by atoms with Gasteiger partial charge in [-0.1, -0.05) is 55.0 Å². The zero-order valence-corrected chi connectivity index (χ0v) is 18.6. The maximum Gasteiger partial charge on any atom is 0.278 e. The van der Waals surface area contributed by atoms with Crippen LogP contribution in [0.1, 0.15) is 53.7 Å². The number of aryl methyl sites for hydroxylation is 1. The number of nitrogens with one attached hydrogen (secondary N) is 1. The Kier molecular flexibility index (Phi) is 7.19. The van der Waals surface area contributed by atoms with E-state index in [9.17, 15) is 4.79 Å². The molecule has 0 aliphatic carbocycles. The first kappa shape index (κ1) is 21.4. The summed E-state index contributed by atoms with van der Waals surface area (Å²) in [6.07, 6.45) is 6.46. The van der Waals surface area contributed by atoms with Gasteiger partial charge in [-0.3, -0.25) is 10.1 Å². The van der Waals surface area contributed by atoms with Crippen molar-refractivity contribution in [1.82, 2.24) is 20.4 Å². The number of hydrogen-bond donors (Lipinski definition) is 1. The molecule has 2 aromatic heterocycles. The summed E-state index contributed by atoms with van der Waals surface area (Å²) in [4.78, 5) is 14.7. The molecule has 1 amide bonds. The lowest BCUT2D eigenvalue weighted by molar-refractivity contribution is 0.102. The number of piperidine rings is 1. The number of rotatable bonds is 8. The Morgan fingerprint density at radius 2 is 1.87 bits per heavy atom. The Labute approximate surface area is 186 Å². The third-order valence-corrected chi connectivity index (χ3v) is 6.52. The second-order valence-electron chi connectivity index (χ2n) is 7.96. The second-order valence-corrected chi connectivity index (χ2v) is 9.02. The highest BCUT2D eigenvalue weighted by atomic mass is 32.1. The summed E-state index contributed by atoms with van der Waals surface area (Å²) in [5.41, 5.74) is 1.69. The monoisotopic (exact) mass is 436 g/mol. The van der Waals surface area contributed by atoms with Gasteiger partial charge in [0.15, 0.2) is 11.5 Å². The lowest BCUT2D eigenvalue weighted by atomic mass is 9.90. The number of aromatic nitrogens is 4. The number of anilines is 2. The zero-order valence-electron chi connectivity index (χ0n) is 17.8. The fraction of sp³-hybridized carbons (Fsp3) is 0.435. The maximum absolute atomic E-state index is 12.5. The van der Waals surface area contributed by atoms with Crippen LogP contribution in [0.25, 0.3) is 0 Å². The largest absolute Gasteiger partial charge is 0.355 e. The van der Waals surface area contributed by atoms with E-state index in [4.69, 9.17) is 0 Å². The number of hydrogen-bond acceptors (Lipinski definition) is 7. The summed E-state index contributed by atoms with van der Waals surface area (Å²) in [6.45, 7) is 4.06. The molecule has 0 radical (unpaired) electrons. The Balaban J connectivity index is 1.28. The van der Waals surface area contributed by atoms with Gasteiger partial charge < -0.3 is 4.90 Å². The predicted octanol–water partition coefficient (Wildman–Crippen LogP) is 4.38. The van der Waals surface area contributed by atoms with E-state index in [-0.39, 0.29) is 11.6 Å². The number of benzene rings is 1. The standard InChI is InChI=1S/C23H28N6OS/c1-2-3-9-21-27-28-23(31-21)24-22(30)19-10-11-20(26-25-19)29-14-12-18(13-15-29)16-17-7-5-4-6-8-17/h4-8,10-11,18H,2-3,9,12-16H2,1H3,(H,24,28,30). The first-order valence-electron chi connectivity index (χ1n) is 11.0. The molecule has 0 unspecified atom stereocenters. The van der Waals surface area contributed by atoms with Crippen molar-refractivity contribution >= 4 is 28.2 Å². The normalized spacial score (nSPS) is 14.5. The van der Waals surface area contributed by atoms with Crippen molar-refractivity contribution in [2.45, 2.75) is 45.4 Å². The Bertz CT molecular complexity index is 967. The van der Waals surface area contributed by atoms with Crippen LogP contribution in [0.2, 0.25) is 0 Å². The molecule has 1 aromatic carbocycles. The van der Waals surface area contributed by atoms with Gasteiger partial charge in [0.05, 0.1) is 0 Å². The van der Waals surface area contributed by atoms with E-state index in [1.807, 2.05) is 6.07 Å². The van der Waals surface area contributed by atoms with Crippen LogP contribution in [0.4, 0.5) is 10.9 Å². The van der Waals surface area contributed by atoms with Gasteiger partial charge in [0.25, 0.3) is 5.91 Å². The fourth-order valence-corrected chi connectivity index (χ4v) is 4.60. The molecule has 162 valence electrons. The smallest absolute Gasteiger partial charge is 0.278 e. The van der Waals surface area contributed by atoms with Crippen molar-refractivity contribution in [3.8, 4) is 0 Å². The summed E-state index contributed by atoms with van der Waals surface area (Å²) in [5.74, 6) is 1.22. The van der Waals surface area contributed by atoms with Gasteiger partial charge in [-0.2, -0.15) is 0 Å². The molecule has 1 N–H and O–H groups in total. The Morgan fingerprint density at radius 1 is 1.06 bits per heavy atom. The molecule has 0 saturated carbocycles. The molecule has 3 heterocycles. The van der Waals surface area contributed by atoms with Crippen molar-refractivity contribution in [2.75, 3.05) is 23.3 Å². The predicted molar refractivity (Wildman–Crippen MR) is 124 cm³/mol. The molecule has 1 saturated heterocycles. The molecule has 31 heavy (non-hydrogen) atoms. The minimum atomic E-state index is -0.307. The van der Waals surface area contributed by atoms with Gasteiger partial charge in [-0.25, -0.2) is 0 Å². The fourth-order valence-electron chi connectivity index (χ4n) is 3.82. The molecular formula is C23H28N6OS.